The fourth-order valence-electron chi connectivity index (χ4n) is 2.56. The largest absolute Gasteiger partial charge is 0.459 e. The molecule has 0 bridgehead atoms. The average molecular weight is 485 g/mol. The van der Waals surface area contributed by atoms with Crippen LogP contribution in [0.4, 0.5) is 8.78 Å². The molecular formula is C21H21F2NO8S. The Morgan fingerprint density at radius 3 is 2.00 bits per heavy atom. The van der Waals surface area contributed by atoms with Crippen molar-refractivity contribution in [3.8, 4) is 0 Å². The summed E-state index contributed by atoms with van der Waals surface area (Å²) in [5.41, 5.74) is 0.00232. The van der Waals surface area contributed by atoms with Crippen LogP contribution >= 0.6 is 0 Å². The van der Waals surface area contributed by atoms with Crippen molar-refractivity contribution in [1.29, 1.82) is 0 Å². The molecule has 0 amide bonds. The lowest BCUT2D eigenvalue weighted by Gasteiger charge is -2.29. The van der Waals surface area contributed by atoms with E-state index in [1.54, 1.807) is 24.3 Å². The van der Waals surface area contributed by atoms with E-state index in [0.29, 0.717) is 6.26 Å². The Kier molecular flexibility index (Phi) is 9.00. The molecule has 2 aromatic rings. The first-order valence-corrected chi connectivity index (χ1v) is 11.2. The topological polar surface area (TPSA) is 118 Å². The van der Waals surface area contributed by atoms with E-state index < -0.39 is 46.8 Å². The van der Waals surface area contributed by atoms with Gasteiger partial charge in [0.2, 0.25) is 6.10 Å². The number of carbonyl (C=O) groups is 2. The van der Waals surface area contributed by atoms with Gasteiger partial charge in [0, 0.05) is 0 Å². The Morgan fingerprint density at radius 1 is 1.00 bits per heavy atom. The molecule has 0 aliphatic rings. The number of oxime groups is 1. The summed E-state index contributed by atoms with van der Waals surface area (Å²) in [5, 5.41) is 2.99. The van der Waals surface area contributed by atoms with Gasteiger partial charge in [0.25, 0.3) is 10.1 Å². The van der Waals surface area contributed by atoms with Gasteiger partial charge in [-0.15, -0.1) is 0 Å². The molecule has 0 saturated carbocycles. The smallest absolute Gasteiger partial charge is 0.338 e. The highest BCUT2D eigenvalue weighted by Gasteiger charge is 2.49. The molecule has 2 atom stereocenters. The van der Waals surface area contributed by atoms with Gasteiger partial charge in [-0.05, 0) is 24.3 Å². The monoisotopic (exact) mass is 485 g/mol. The molecule has 0 fully saturated rings. The zero-order valence-corrected chi connectivity index (χ0v) is 18.4. The summed E-state index contributed by atoms with van der Waals surface area (Å²) in [4.78, 5) is 29.0. The van der Waals surface area contributed by atoms with Crippen molar-refractivity contribution >= 4 is 28.3 Å². The lowest BCUT2D eigenvalue weighted by molar-refractivity contribution is -0.118. The van der Waals surface area contributed by atoms with E-state index in [-0.39, 0.29) is 17.3 Å². The minimum absolute atomic E-state index is 0.0214. The second-order valence-corrected chi connectivity index (χ2v) is 8.19. The number of hydrogen-bond acceptors (Lipinski definition) is 9. The van der Waals surface area contributed by atoms with Crippen LogP contribution in [0.2, 0.25) is 0 Å². The van der Waals surface area contributed by atoms with Gasteiger partial charge >= 0.3 is 17.9 Å². The molecule has 178 valence electrons. The standard InChI is InChI=1S/C21H21F2NO8S/c1-29-24-14-21(22,23)18(31-20(26)16-11-7-4-8-12-16)17(32-33(2,27)28)13-30-19(25)15-9-5-3-6-10-15/h3-12,14,17-18H,13H2,1-2H3/b24-14-/t17-,18-/m1/s1. The highest BCUT2D eigenvalue weighted by atomic mass is 32.2. The van der Waals surface area contributed by atoms with Crippen LogP contribution in [0.25, 0.3) is 0 Å². The third-order valence-electron chi connectivity index (χ3n) is 3.98. The van der Waals surface area contributed by atoms with Gasteiger partial charge in [-0.25, -0.2) is 9.59 Å². The Balaban J connectivity index is 2.37. The molecule has 0 heterocycles. The highest BCUT2D eigenvalue weighted by molar-refractivity contribution is 7.86. The molecule has 0 aliphatic heterocycles. The van der Waals surface area contributed by atoms with E-state index in [4.69, 9.17) is 13.7 Å². The number of hydrogen-bond donors (Lipinski definition) is 0. The van der Waals surface area contributed by atoms with Gasteiger partial charge in [0.05, 0.1) is 17.4 Å². The van der Waals surface area contributed by atoms with Crippen molar-refractivity contribution in [2.75, 3.05) is 20.0 Å². The fourth-order valence-corrected chi connectivity index (χ4v) is 3.17. The van der Waals surface area contributed by atoms with Crippen LogP contribution in [-0.2, 0) is 28.6 Å². The lowest BCUT2D eigenvalue weighted by atomic mass is 10.1. The molecule has 0 unspecified atom stereocenters. The van der Waals surface area contributed by atoms with Crippen molar-refractivity contribution in [2.45, 2.75) is 18.1 Å². The molecule has 0 radical (unpaired) electrons. The average Bonchev–Trinajstić information content (AvgIpc) is 2.79. The van der Waals surface area contributed by atoms with Crippen molar-refractivity contribution in [3.63, 3.8) is 0 Å². The molecule has 0 aromatic heterocycles. The summed E-state index contributed by atoms with van der Waals surface area (Å²) in [6.45, 7) is -0.982. The molecule has 0 N–H and O–H groups in total. The van der Waals surface area contributed by atoms with E-state index in [1.807, 2.05) is 0 Å². The van der Waals surface area contributed by atoms with Crippen molar-refractivity contribution in [2.24, 2.45) is 5.16 Å². The number of halogens is 2. The van der Waals surface area contributed by atoms with Gasteiger partial charge in [0.15, 0.2) is 6.10 Å². The molecule has 33 heavy (non-hydrogen) atoms. The van der Waals surface area contributed by atoms with Crippen LogP contribution in [0.3, 0.4) is 0 Å². The van der Waals surface area contributed by atoms with Crippen LogP contribution in [0, 0.1) is 0 Å². The van der Waals surface area contributed by atoms with Gasteiger partial charge in [-0.1, -0.05) is 41.6 Å². The van der Waals surface area contributed by atoms with Crippen LogP contribution in [0.1, 0.15) is 20.7 Å². The molecule has 12 heteroatoms. The number of nitrogens with zero attached hydrogens (tertiary/aromatic N) is 1. The van der Waals surface area contributed by atoms with E-state index >= 15 is 0 Å². The third-order valence-corrected chi connectivity index (χ3v) is 4.57. The minimum Gasteiger partial charge on any atom is -0.459 e. The van der Waals surface area contributed by atoms with E-state index in [2.05, 4.69) is 9.99 Å². The summed E-state index contributed by atoms with van der Waals surface area (Å²) >= 11 is 0. The Bertz CT molecular complexity index is 1060. The summed E-state index contributed by atoms with van der Waals surface area (Å²) in [6, 6.07) is 14.7. The second kappa shape index (κ2) is 11.5. The summed E-state index contributed by atoms with van der Waals surface area (Å²) in [5.74, 6) is -6.20. The maximum absolute atomic E-state index is 14.9. The van der Waals surface area contributed by atoms with Gasteiger partial charge < -0.3 is 14.3 Å². The van der Waals surface area contributed by atoms with Crippen LogP contribution in [0.5, 0.6) is 0 Å². The maximum atomic E-state index is 14.9. The van der Waals surface area contributed by atoms with Crippen LogP contribution < -0.4 is 0 Å². The molecular weight excluding hydrogens is 464 g/mol. The Morgan fingerprint density at radius 2 is 1.52 bits per heavy atom. The first-order valence-electron chi connectivity index (χ1n) is 9.35. The van der Waals surface area contributed by atoms with Gasteiger partial charge in [0.1, 0.15) is 19.9 Å². The summed E-state index contributed by atoms with van der Waals surface area (Å²) in [7, 11) is -3.35. The first-order chi connectivity index (χ1) is 15.5. The summed E-state index contributed by atoms with van der Waals surface area (Å²) < 4.78 is 67.9. The summed E-state index contributed by atoms with van der Waals surface area (Å²) in [6.07, 6.45) is -4.04. The quantitative estimate of drug-likeness (QED) is 0.206. The van der Waals surface area contributed by atoms with E-state index in [0.717, 1.165) is 7.11 Å². The number of carbonyl (C=O) groups excluding carboxylic acids is 2. The van der Waals surface area contributed by atoms with Crippen LogP contribution in [-0.4, -0.2) is 64.7 Å². The minimum atomic E-state index is -4.35. The van der Waals surface area contributed by atoms with E-state index in [1.165, 1.54) is 36.4 Å². The predicted octanol–water partition coefficient (Wildman–Crippen LogP) is 2.68. The SMILES string of the molecule is CO/N=C\C(F)(F)[C@H](OC(=O)c1ccccc1)[C@@H](COC(=O)c1ccccc1)OS(C)(=O)=O. The molecule has 2 aromatic carbocycles. The zero-order chi connectivity index (χ0) is 24.5. The van der Waals surface area contributed by atoms with Gasteiger partial charge in [-0.2, -0.15) is 17.2 Å². The normalized spacial score (nSPS) is 13.8. The van der Waals surface area contributed by atoms with Gasteiger partial charge in [-0.3, -0.25) is 4.18 Å². The Labute approximate surface area is 189 Å². The second-order valence-electron chi connectivity index (χ2n) is 6.59. The number of ether oxygens (including phenoxy) is 2. The predicted molar refractivity (Wildman–Crippen MR) is 113 cm³/mol. The number of esters is 2. The Hall–Kier alpha value is -3.38. The van der Waals surface area contributed by atoms with Crippen molar-refractivity contribution in [1.82, 2.24) is 0 Å². The maximum Gasteiger partial charge on any atom is 0.338 e. The van der Waals surface area contributed by atoms with E-state index in [9.17, 15) is 26.8 Å². The molecule has 9 nitrogen and oxygen atoms in total. The molecule has 0 spiro atoms. The third kappa shape index (κ3) is 8.24. The number of alkyl halides is 2. The molecule has 2 rings (SSSR count). The lowest BCUT2D eigenvalue weighted by Crippen LogP contribution is -2.50. The molecule has 0 saturated heterocycles. The number of rotatable bonds is 11. The van der Waals surface area contributed by atoms with Crippen molar-refractivity contribution in [3.05, 3.63) is 71.8 Å². The first kappa shape index (κ1) is 25.9. The zero-order valence-electron chi connectivity index (χ0n) is 17.6. The fraction of sp³-hybridized carbons (Fsp3) is 0.286. The van der Waals surface area contributed by atoms with Crippen molar-refractivity contribution < 1.29 is 45.3 Å². The number of benzene rings is 2. The molecule has 0 aliphatic carbocycles. The highest BCUT2D eigenvalue weighted by Crippen LogP contribution is 2.27. The van der Waals surface area contributed by atoms with Crippen LogP contribution in [0.15, 0.2) is 65.8 Å².